The Morgan fingerprint density at radius 3 is 2.60 bits per heavy atom. The van der Waals surface area contributed by atoms with Crippen molar-refractivity contribution in [3.63, 3.8) is 0 Å². The van der Waals surface area contributed by atoms with E-state index in [-0.39, 0.29) is 0 Å². The van der Waals surface area contributed by atoms with Gasteiger partial charge < -0.3 is 4.74 Å². The molecule has 0 spiro atoms. The molecule has 3 aromatic rings. The summed E-state index contributed by atoms with van der Waals surface area (Å²) in [6.07, 6.45) is -0.579. The third-order valence-corrected chi connectivity index (χ3v) is 3.80. The van der Waals surface area contributed by atoms with Crippen molar-refractivity contribution < 1.29 is 14.4 Å². The van der Waals surface area contributed by atoms with Crippen LogP contribution in [-0.2, 0) is 18.0 Å². The molecule has 7 nitrogen and oxygen atoms in total. The molecule has 0 unspecified atom stereocenters. The Balaban J connectivity index is 1.65. The number of nitrogens with zero attached hydrogens (tertiary/aromatic N) is 2. The smallest absolute Gasteiger partial charge is 0.410 e. The van der Waals surface area contributed by atoms with E-state index < -0.39 is 6.09 Å². The minimum atomic E-state index is -0.579. The zero-order valence-electron chi connectivity index (χ0n) is 13.3. The van der Waals surface area contributed by atoms with Crippen molar-refractivity contribution in [2.75, 3.05) is 5.32 Å². The van der Waals surface area contributed by atoms with Crippen molar-refractivity contribution in [3.8, 4) is 11.4 Å². The second-order valence-corrected chi connectivity index (χ2v) is 5.46. The summed E-state index contributed by atoms with van der Waals surface area (Å²) in [5.41, 5.74) is 5.30. The molecule has 2 heterocycles. The number of rotatable bonds is 3. The van der Waals surface area contributed by atoms with Gasteiger partial charge in [-0.1, -0.05) is 36.4 Å². The number of anilines is 1. The van der Waals surface area contributed by atoms with Crippen molar-refractivity contribution >= 4 is 11.9 Å². The van der Waals surface area contributed by atoms with Crippen LogP contribution in [0.25, 0.3) is 5.69 Å². The van der Waals surface area contributed by atoms with Crippen LogP contribution in [0.15, 0.2) is 60.7 Å². The number of nitrogens with one attached hydrogen (secondary N) is 2. The molecule has 0 bridgehead atoms. The molecule has 0 radical (unpaired) electrons. The lowest BCUT2D eigenvalue weighted by atomic mass is 10.2. The maximum Gasteiger partial charge on any atom is 0.418 e. The molecule has 0 aliphatic carbocycles. The molecule has 2 N–H and O–H groups in total. The van der Waals surface area contributed by atoms with Crippen LogP contribution < -0.4 is 15.5 Å². The molecule has 7 heteroatoms. The number of carbonyl (C=O) groups is 1. The van der Waals surface area contributed by atoms with Crippen LogP contribution in [0.4, 0.5) is 10.6 Å². The Hall–Kier alpha value is -3.16. The number of hydrogen-bond donors (Lipinski definition) is 2. The van der Waals surface area contributed by atoms with Gasteiger partial charge in [0.25, 0.3) is 0 Å². The van der Waals surface area contributed by atoms with Gasteiger partial charge in [0.15, 0.2) is 0 Å². The minimum Gasteiger partial charge on any atom is -0.410 e. The Morgan fingerprint density at radius 2 is 1.84 bits per heavy atom. The Morgan fingerprint density at radius 1 is 1.12 bits per heavy atom. The number of aromatic nitrogens is 2. The van der Waals surface area contributed by atoms with Crippen LogP contribution in [0, 0.1) is 0 Å². The Kier molecular flexibility index (Phi) is 4.16. The molecular formula is C18H16N4O3. The van der Waals surface area contributed by atoms with Gasteiger partial charge in [-0.15, -0.1) is 0 Å². The summed E-state index contributed by atoms with van der Waals surface area (Å²) >= 11 is 0. The third-order valence-electron chi connectivity index (χ3n) is 3.80. The zero-order valence-corrected chi connectivity index (χ0v) is 13.3. The number of fused-ring (bicyclic) bond motifs is 1. The first-order valence-electron chi connectivity index (χ1n) is 7.86. The first-order chi connectivity index (χ1) is 12.3. The lowest BCUT2D eigenvalue weighted by Gasteiger charge is -2.14. The van der Waals surface area contributed by atoms with Crippen molar-refractivity contribution in [2.45, 2.75) is 13.2 Å². The standard InChI is InChI=1S/C18H16N4O3/c23-18(25-14-9-5-2-6-10-14)20-17-15-12-24-19-11-16(15)21-22(17)13-7-3-1-4-8-13/h1-10,19H,11-12H2,(H,20,23). The van der Waals surface area contributed by atoms with Gasteiger partial charge in [0.2, 0.25) is 0 Å². The fourth-order valence-electron chi connectivity index (χ4n) is 2.63. The number of hydrogen-bond acceptors (Lipinski definition) is 5. The number of carbonyl (C=O) groups excluding carboxylic acids is 1. The summed E-state index contributed by atoms with van der Waals surface area (Å²) in [6.45, 7) is 0.778. The molecule has 0 atom stereocenters. The lowest BCUT2D eigenvalue weighted by Crippen LogP contribution is -2.23. The lowest BCUT2D eigenvalue weighted by molar-refractivity contribution is 0.0105. The maximum absolute atomic E-state index is 12.3. The molecule has 126 valence electrons. The predicted octanol–water partition coefficient (Wildman–Crippen LogP) is 3.02. The first-order valence-corrected chi connectivity index (χ1v) is 7.86. The van der Waals surface area contributed by atoms with E-state index in [0.29, 0.717) is 24.7 Å². The predicted molar refractivity (Wildman–Crippen MR) is 91.3 cm³/mol. The van der Waals surface area contributed by atoms with E-state index in [1.165, 1.54) is 0 Å². The van der Waals surface area contributed by atoms with E-state index in [0.717, 1.165) is 16.9 Å². The summed E-state index contributed by atoms with van der Waals surface area (Å²) < 4.78 is 7.01. The van der Waals surface area contributed by atoms with E-state index in [4.69, 9.17) is 9.57 Å². The highest BCUT2D eigenvalue weighted by atomic mass is 16.6. The van der Waals surface area contributed by atoms with Gasteiger partial charge in [-0.2, -0.15) is 10.6 Å². The minimum absolute atomic E-state index is 0.309. The van der Waals surface area contributed by atoms with Gasteiger partial charge in [0, 0.05) is 5.56 Å². The highest BCUT2D eigenvalue weighted by Crippen LogP contribution is 2.27. The number of amides is 1. The molecule has 1 aromatic heterocycles. The number of ether oxygens (including phenoxy) is 1. The van der Waals surface area contributed by atoms with E-state index >= 15 is 0 Å². The summed E-state index contributed by atoms with van der Waals surface area (Å²) in [7, 11) is 0. The van der Waals surface area contributed by atoms with Crippen LogP contribution >= 0.6 is 0 Å². The Bertz CT molecular complexity index is 878. The summed E-state index contributed by atoms with van der Waals surface area (Å²) in [4.78, 5) is 17.6. The molecule has 25 heavy (non-hydrogen) atoms. The largest absolute Gasteiger partial charge is 0.418 e. The highest BCUT2D eigenvalue weighted by Gasteiger charge is 2.24. The van der Waals surface area contributed by atoms with Crippen molar-refractivity contribution in [1.82, 2.24) is 15.3 Å². The van der Waals surface area contributed by atoms with Gasteiger partial charge in [-0.05, 0) is 24.3 Å². The zero-order chi connectivity index (χ0) is 17.1. The third kappa shape index (κ3) is 3.23. The highest BCUT2D eigenvalue weighted by molar-refractivity contribution is 5.86. The summed E-state index contributed by atoms with van der Waals surface area (Å²) in [5.74, 6) is 1.01. The summed E-state index contributed by atoms with van der Waals surface area (Å²) in [6, 6.07) is 18.5. The van der Waals surface area contributed by atoms with Gasteiger partial charge in [-0.25, -0.2) is 9.48 Å². The number of para-hydroxylation sites is 2. The average Bonchev–Trinajstić information content (AvgIpc) is 3.02. The van der Waals surface area contributed by atoms with E-state index in [1.54, 1.807) is 28.9 Å². The maximum atomic E-state index is 12.3. The van der Waals surface area contributed by atoms with Gasteiger partial charge in [-0.3, -0.25) is 10.2 Å². The molecule has 1 aliphatic rings. The first kappa shape index (κ1) is 15.4. The molecular weight excluding hydrogens is 320 g/mol. The van der Waals surface area contributed by atoms with Gasteiger partial charge >= 0.3 is 6.09 Å². The van der Waals surface area contributed by atoms with E-state index in [9.17, 15) is 4.79 Å². The van der Waals surface area contributed by atoms with Crippen LogP contribution in [0.1, 0.15) is 11.3 Å². The normalized spacial score (nSPS) is 13.1. The van der Waals surface area contributed by atoms with Crippen LogP contribution in [0.2, 0.25) is 0 Å². The quantitative estimate of drug-likeness (QED) is 0.769. The fraction of sp³-hybridized carbons (Fsp3) is 0.111. The van der Waals surface area contributed by atoms with Crippen LogP contribution in [0.3, 0.4) is 0 Å². The SMILES string of the molecule is O=C(Nc1c2c(nn1-c1ccccc1)CNOC2)Oc1ccccc1. The fourth-order valence-corrected chi connectivity index (χ4v) is 2.63. The second kappa shape index (κ2) is 6.76. The van der Waals surface area contributed by atoms with E-state index in [2.05, 4.69) is 15.9 Å². The summed E-state index contributed by atoms with van der Waals surface area (Å²) in [5, 5.41) is 7.38. The molecule has 0 saturated heterocycles. The topological polar surface area (TPSA) is 77.4 Å². The molecule has 1 aliphatic heterocycles. The van der Waals surface area contributed by atoms with E-state index in [1.807, 2.05) is 36.4 Å². The van der Waals surface area contributed by atoms with Crippen molar-refractivity contribution in [2.24, 2.45) is 0 Å². The molecule has 0 saturated carbocycles. The molecule has 0 fully saturated rings. The van der Waals surface area contributed by atoms with Crippen molar-refractivity contribution in [1.29, 1.82) is 0 Å². The van der Waals surface area contributed by atoms with Gasteiger partial charge in [0.05, 0.1) is 24.5 Å². The van der Waals surface area contributed by atoms with Crippen LogP contribution in [0.5, 0.6) is 5.75 Å². The molecule has 2 aromatic carbocycles. The second-order valence-electron chi connectivity index (χ2n) is 5.46. The van der Waals surface area contributed by atoms with Crippen LogP contribution in [-0.4, -0.2) is 15.9 Å². The van der Waals surface area contributed by atoms with Gasteiger partial charge in [0.1, 0.15) is 11.6 Å². The molecule has 4 rings (SSSR count). The average molecular weight is 336 g/mol. The number of hydroxylamine groups is 1. The monoisotopic (exact) mass is 336 g/mol. The Labute approximate surface area is 144 Å². The van der Waals surface area contributed by atoms with Crippen molar-refractivity contribution in [3.05, 3.63) is 71.9 Å². The number of benzene rings is 2. The molecule has 1 amide bonds.